The maximum Gasteiger partial charge on any atom is 0.153 e. The smallest absolute Gasteiger partial charge is 0.153 e. The van der Waals surface area contributed by atoms with Gasteiger partial charge in [-0.1, -0.05) is 18.2 Å². The number of carbonyl (C=O) groups excluding carboxylic acids is 1. The van der Waals surface area contributed by atoms with Crippen LogP contribution in [0.4, 0.5) is 0 Å². The van der Waals surface area contributed by atoms with E-state index in [2.05, 4.69) is 5.10 Å². The van der Waals surface area contributed by atoms with Gasteiger partial charge in [-0.2, -0.15) is 5.10 Å². The van der Waals surface area contributed by atoms with Crippen LogP contribution in [0, 0.1) is 13.8 Å². The molecule has 0 aliphatic rings. The van der Waals surface area contributed by atoms with Crippen molar-refractivity contribution in [2.24, 2.45) is 0 Å². The first-order chi connectivity index (χ1) is 8.72. The molecule has 1 aromatic heterocycles. The summed E-state index contributed by atoms with van der Waals surface area (Å²) >= 11 is 0. The Bertz CT molecular complexity index is 532. The standard InChI is InChI=1S/C14H16N2O2/c1-11-14(10-17)12(2)16(15-11)8-9-18-13-6-4-3-5-7-13/h3-7,10H,8-9H2,1-2H3. The lowest BCUT2D eigenvalue weighted by molar-refractivity contribution is 0.112. The van der Waals surface area contributed by atoms with Crippen molar-refractivity contribution in [3.05, 3.63) is 47.3 Å². The molecule has 4 nitrogen and oxygen atoms in total. The second-order valence-electron chi connectivity index (χ2n) is 4.09. The average molecular weight is 244 g/mol. The Hall–Kier alpha value is -2.10. The fourth-order valence-corrected chi connectivity index (χ4v) is 1.87. The largest absolute Gasteiger partial charge is 0.492 e. The quantitative estimate of drug-likeness (QED) is 0.758. The summed E-state index contributed by atoms with van der Waals surface area (Å²) in [5.41, 5.74) is 2.33. The third kappa shape index (κ3) is 2.59. The fourth-order valence-electron chi connectivity index (χ4n) is 1.87. The molecule has 2 aromatic rings. The van der Waals surface area contributed by atoms with Crippen molar-refractivity contribution in [1.29, 1.82) is 0 Å². The van der Waals surface area contributed by atoms with E-state index in [9.17, 15) is 4.79 Å². The van der Waals surface area contributed by atoms with Gasteiger partial charge in [-0.3, -0.25) is 9.48 Å². The van der Waals surface area contributed by atoms with Crippen molar-refractivity contribution in [2.45, 2.75) is 20.4 Å². The molecule has 0 saturated heterocycles. The Kier molecular flexibility index (Phi) is 3.77. The molecule has 1 aromatic carbocycles. The summed E-state index contributed by atoms with van der Waals surface area (Å²) < 4.78 is 7.41. The maximum absolute atomic E-state index is 10.9. The van der Waals surface area contributed by atoms with Crippen LogP contribution in [0.3, 0.4) is 0 Å². The molecule has 0 spiro atoms. The van der Waals surface area contributed by atoms with Crippen LogP contribution in [0.5, 0.6) is 5.75 Å². The van der Waals surface area contributed by atoms with Crippen molar-refractivity contribution >= 4 is 6.29 Å². The van der Waals surface area contributed by atoms with Gasteiger partial charge >= 0.3 is 0 Å². The van der Waals surface area contributed by atoms with Gasteiger partial charge in [-0.15, -0.1) is 0 Å². The predicted molar refractivity (Wildman–Crippen MR) is 69.0 cm³/mol. The number of ether oxygens (including phenoxy) is 1. The first-order valence-electron chi connectivity index (χ1n) is 5.89. The van der Waals surface area contributed by atoms with Gasteiger partial charge in [0.15, 0.2) is 6.29 Å². The Morgan fingerprint density at radius 3 is 2.61 bits per heavy atom. The van der Waals surface area contributed by atoms with Gasteiger partial charge in [0.05, 0.1) is 17.8 Å². The van der Waals surface area contributed by atoms with E-state index in [0.29, 0.717) is 18.7 Å². The van der Waals surface area contributed by atoms with Crippen molar-refractivity contribution in [2.75, 3.05) is 6.61 Å². The number of carbonyl (C=O) groups is 1. The Morgan fingerprint density at radius 2 is 2.00 bits per heavy atom. The zero-order chi connectivity index (χ0) is 13.0. The zero-order valence-electron chi connectivity index (χ0n) is 10.6. The summed E-state index contributed by atoms with van der Waals surface area (Å²) in [7, 11) is 0. The summed E-state index contributed by atoms with van der Waals surface area (Å²) in [6.45, 7) is 4.90. The number of hydrogen-bond acceptors (Lipinski definition) is 3. The molecule has 0 aliphatic heterocycles. The molecular formula is C14H16N2O2. The molecule has 0 amide bonds. The van der Waals surface area contributed by atoms with Gasteiger partial charge in [0.1, 0.15) is 12.4 Å². The predicted octanol–water partition coefficient (Wildman–Crippen LogP) is 2.39. The van der Waals surface area contributed by atoms with Crippen LogP contribution in [0.15, 0.2) is 30.3 Å². The van der Waals surface area contributed by atoms with Crippen LogP contribution in [0.2, 0.25) is 0 Å². The van der Waals surface area contributed by atoms with Crippen LogP contribution in [0.25, 0.3) is 0 Å². The van der Waals surface area contributed by atoms with Crippen molar-refractivity contribution in [3.8, 4) is 5.75 Å². The molecular weight excluding hydrogens is 228 g/mol. The topological polar surface area (TPSA) is 44.1 Å². The third-order valence-electron chi connectivity index (χ3n) is 2.87. The molecule has 18 heavy (non-hydrogen) atoms. The second kappa shape index (κ2) is 5.49. The Labute approximate surface area is 106 Å². The molecule has 0 unspecified atom stereocenters. The molecule has 1 heterocycles. The van der Waals surface area contributed by atoms with E-state index in [1.807, 2.05) is 48.9 Å². The highest BCUT2D eigenvalue weighted by molar-refractivity contribution is 5.77. The molecule has 94 valence electrons. The summed E-state index contributed by atoms with van der Waals surface area (Å²) in [5.74, 6) is 0.842. The van der Waals surface area contributed by atoms with Gasteiger partial charge in [0.25, 0.3) is 0 Å². The molecule has 0 N–H and O–H groups in total. The van der Waals surface area contributed by atoms with E-state index >= 15 is 0 Å². The minimum absolute atomic E-state index is 0.532. The molecule has 0 radical (unpaired) electrons. The number of aldehydes is 1. The van der Waals surface area contributed by atoms with E-state index in [4.69, 9.17) is 4.74 Å². The number of aromatic nitrogens is 2. The Balaban J connectivity index is 1.97. The number of nitrogens with zero attached hydrogens (tertiary/aromatic N) is 2. The van der Waals surface area contributed by atoms with Gasteiger partial charge in [-0.05, 0) is 26.0 Å². The SMILES string of the molecule is Cc1nn(CCOc2ccccc2)c(C)c1C=O. The van der Waals surface area contributed by atoms with E-state index in [1.165, 1.54) is 0 Å². The number of benzene rings is 1. The van der Waals surface area contributed by atoms with Crippen LogP contribution >= 0.6 is 0 Å². The molecule has 0 saturated carbocycles. The zero-order valence-corrected chi connectivity index (χ0v) is 10.6. The average Bonchev–Trinajstić information content (AvgIpc) is 2.65. The highest BCUT2D eigenvalue weighted by atomic mass is 16.5. The van der Waals surface area contributed by atoms with E-state index in [0.717, 1.165) is 23.4 Å². The van der Waals surface area contributed by atoms with E-state index < -0.39 is 0 Å². The van der Waals surface area contributed by atoms with E-state index in [1.54, 1.807) is 0 Å². The highest BCUT2D eigenvalue weighted by Crippen LogP contribution is 2.11. The third-order valence-corrected chi connectivity index (χ3v) is 2.87. The van der Waals surface area contributed by atoms with Crippen LogP contribution < -0.4 is 4.74 Å². The second-order valence-corrected chi connectivity index (χ2v) is 4.09. The van der Waals surface area contributed by atoms with Crippen molar-refractivity contribution in [1.82, 2.24) is 9.78 Å². The Morgan fingerprint density at radius 1 is 1.28 bits per heavy atom. The van der Waals surface area contributed by atoms with Gasteiger partial charge in [-0.25, -0.2) is 0 Å². The minimum atomic E-state index is 0.532. The van der Waals surface area contributed by atoms with Gasteiger partial charge in [0.2, 0.25) is 0 Å². The number of rotatable bonds is 5. The first-order valence-corrected chi connectivity index (χ1v) is 5.89. The van der Waals surface area contributed by atoms with Crippen molar-refractivity contribution < 1.29 is 9.53 Å². The normalized spacial score (nSPS) is 10.3. The summed E-state index contributed by atoms with van der Waals surface area (Å²) in [5, 5.41) is 4.32. The molecule has 0 atom stereocenters. The van der Waals surface area contributed by atoms with E-state index in [-0.39, 0.29) is 0 Å². The summed E-state index contributed by atoms with van der Waals surface area (Å²) in [6.07, 6.45) is 0.853. The molecule has 4 heteroatoms. The monoisotopic (exact) mass is 244 g/mol. The van der Waals surface area contributed by atoms with Crippen LogP contribution in [-0.2, 0) is 6.54 Å². The number of aryl methyl sites for hydroxylation is 1. The molecule has 2 rings (SSSR count). The van der Waals surface area contributed by atoms with Gasteiger partial charge in [0, 0.05) is 5.69 Å². The number of para-hydroxylation sites is 1. The maximum atomic E-state index is 10.9. The number of hydrogen-bond donors (Lipinski definition) is 0. The fraction of sp³-hybridized carbons (Fsp3) is 0.286. The summed E-state index contributed by atoms with van der Waals surface area (Å²) in [4.78, 5) is 10.9. The summed E-state index contributed by atoms with van der Waals surface area (Å²) in [6, 6.07) is 9.65. The molecule has 0 aliphatic carbocycles. The van der Waals surface area contributed by atoms with Crippen LogP contribution in [-0.4, -0.2) is 22.7 Å². The lowest BCUT2D eigenvalue weighted by Crippen LogP contribution is -2.11. The highest BCUT2D eigenvalue weighted by Gasteiger charge is 2.09. The minimum Gasteiger partial charge on any atom is -0.492 e. The molecule has 0 fully saturated rings. The van der Waals surface area contributed by atoms with Crippen LogP contribution in [0.1, 0.15) is 21.7 Å². The van der Waals surface area contributed by atoms with Crippen molar-refractivity contribution in [3.63, 3.8) is 0 Å². The first kappa shape index (κ1) is 12.4. The lowest BCUT2D eigenvalue weighted by atomic mass is 10.2. The lowest BCUT2D eigenvalue weighted by Gasteiger charge is -2.07. The molecule has 0 bridgehead atoms. The van der Waals surface area contributed by atoms with Gasteiger partial charge < -0.3 is 4.74 Å².